The molecular formula is C13H15ClN2O3. The molecule has 0 saturated heterocycles. The van der Waals surface area contributed by atoms with E-state index >= 15 is 0 Å². The molecule has 5 nitrogen and oxygen atoms in total. The van der Waals surface area contributed by atoms with Crippen molar-refractivity contribution in [2.75, 3.05) is 6.54 Å². The van der Waals surface area contributed by atoms with Gasteiger partial charge in [0.15, 0.2) is 0 Å². The zero-order valence-electron chi connectivity index (χ0n) is 10.6. The Kier molecular flexibility index (Phi) is 3.75. The van der Waals surface area contributed by atoms with Crippen molar-refractivity contribution in [3.05, 3.63) is 38.9 Å². The Labute approximate surface area is 116 Å². The summed E-state index contributed by atoms with van der Waals surface area (Å²) in [6.45, 7) is 2.69. The van der Waals surface area contributed by atoms with E-state index in [2.05, 4.69) is 12.2 Å². The van der Waals surface area contributed by atoms with E-state index in [0.717, 1.165) is 12.8 Å². The maximum absolute atomic E-state index is 12.0. The molecule has 0 unspecified atom stereocenters. The van der Waals surface area contributed by atoms with E-state index in [1.54, 1.807) is 0 Å². The van der Waals surface area contributed by atoms with E-state index in [1.165, 1.54) is 24.6 Å². The monoisotopic (exact) mass is 282 g/mol. The lowest BCUT2D eigenvalue weighted by atomic mass is 9.70. The Morgan fingerprint density at radius 1 is 1.53 bits per heavy atom. The van der Waals surface area contributed by atoms with Gasteiger partial charge < -0.3 is 5.32 Å². The molecule has 1 aliphatic carbocycles. The first-order valence-electron chi connectivity index (χ1n) is 6.14. The molecule has 0 bridgehead atoms. The van der Waals surface area contributed by atoms with Crippen molar-refractivity contribution in [2.24, 2.45) is 5.41 Å². The molecule has 1 aromatic rings. The van der Waals surface area contributed by atoms with Crippen molar-refractivity contribution in [2.45, 2.75) is 26.2 Å². The Hall–Kier alpha value is -1.62. The number of carbonyl (C=O) groups is 1. The number of rotatable bonds is 4. The van der Waals surface area contributed by atoms with Crippen LogP contribution in [-0.2, 0) is 0 Å². The predicted molar refractivity (Wildman–Crippen MR) is 72.4 cm³/mol. The van der Waals surface area contributed by atoms with Crippen LogP contribution in [0.1, 0.15) is 36.5 Å². The first kappa shape index (κ1) is 13.8. The van der Waals surface area contributed by atoms with Gasteiger partial charge in [0, 0.05) is 12.6 Å². The number of benzene rings is 1. The summed E-state index contributed by atoms with van der Waals surface area (Å²) in [5, 5.41) is 13.5. The van der Waals surface area contributed by atoms with Gasteiger partial charge in [0.25, 0.3) is 11.6 Å². The van der Waals surface area contributed by atoms with Crippen molar-refractivity contribution >= 4 is 23.2 Å². The van der Waals surface area contributed by atoms with E-state index in [4.69, 9.17) is 11.6 Å². The molecule has 0 atom stereocenters. The van der Waals surface area contributed by atoms with Crippen LogP contribution in [0.15, 0.2) is 18.2 Å². The second-order valence-electron chi connectivity index (χ2n) is 5.24. The standard InChI is InChI=1S/C13H15ClN2O3/c1-13(6-3-7-13)8-15-12(17)9-4-2-5-10(11(9)14)16(18)19/h2,4-5H,3,6-8H2,1H3,(H,15,17). The quantitative estimate of drug-likeness (QED) is 0.681. The first-order chi connectivity index (χ1) is 8.93. The molecule has 1 aliphatic rings. The highest BCUT2D eigenvalue weighted by molar-refractivity contribution is 6.35. The van der Waals surface area contributed by atoms with Crippen molar-refractivity contribution in [1.82, 2.24) is 5.32 Å². The summed E-state index contributed by atoms with van der Waals surface area (Å²) in [7, 11) is 0. The number of hydrogen-bond donors (Lipinski definition) is 1. The highest BCUT2D eigenvalue weighted by Crippen LogP contribution is 2.39. The average Bonchev–Trinajstić information content (AvgIpc) is 2.33. The highest BCUT2D eigenvalue weighted by atomic mass is 35.5. The minimum Gasteiger partial charge on any atom is -0.351 e. The van der Waals surface area contributed by atoms with Crippen molar-refractivity contribution in [3.8, 4) is 0 Å². The van der Waals surface area contributed by atoms with Gasteiger partial charge in [-0.2, -0.15) is 0 Å². The molecule has 0 radical (unpaired) electrons. The molecule has 1 aromatic carbocycles. The minimum absolute atomic E-state index is 0.108. The second-order valence-corrected chi connectivity index (χ2v) is 5.62. The first-order valence-corrected chi connectivity index (χ1v) is 6.52. The molecule has 2 rings (SSSR count). The third kappa shape index (κ3) is 2.87. The lowest BCUT2D eigenvalue weighted by molar-refractivity contribution is -0.384. The Bertz CT molecular complexity index is 527. The zero-order chi connectivity index (χ0) is 14.0. The number of amides is 1. The molecule has 0 aliphatic heterocycles. The van der Waals surface area contributed by atoms with Crippen LogP contribution in [0, 0.1) is 15.5 Å². The summed E-state index contributed by atoms with van der Waals surface area (Å²) < 4.78 is 0. The fourth-order valence-electron chi connectivity index (χ4n) is 2.18. The molecule has 1 saturated carbocycles. The smallest absolute Gasteiger partial charge is 0.288 e. The number of nitrogens with one attached hydrogen (secondary N) is 1. The normalized spacial score (nSPS) is 16.5. The molecule has 1 fully saturated rings. The molecule has 0 spiro atoms. The Balaban J connectivity index is 2.10. The maximum Gasteiger partial charge on any atom is 0.288 e. The summed E-state index contributed by atoms with van der Waals surface area (Å²) in [6.07, 6.45) is 3.37. The van der Waals surface area contributed by atoms with Crippen molar-refractivity contribution in [1.29, 1.82) is 0 Å². The molecule has 1 N–H and O–H groups in total. The lowest BCUT2D eigenvalue weighted by Gasteiger charge is -2.38. The van der Waals surface area contributed by atoms with Crippen LogP contribution in [0.3, 0.4) is 0 Å². The van der Waals surface area contributed by atoms with E-state index in [0.29, 0.717) is 6.54 Å². The summed E-state index contributed by atoms with van der Waals surface area (Å²) >= 11 is 5.89. The molecule has 19 heavy (non-hydrogen) atoms. The van der Waals surface area contributed by atoms with Crippen molar-refractivity contribution in [3.63, 3.8) is 0 Å². The zero-order valence-corrected chi connectivity index (χ0v) is 11.4. The van der Waals surface area contributed by atoms with E-state index in [9.17, 15) is 14.9 Å². The number of halogens is 1. The topological polar surface area (TPSA) is 72.2 Å². The number of nitro groups is 1. The number of nitrogens with zero attached hydrogens (tertiary/aromatic N) is 1. The van der Waals surface area contributed by atoms with Gasteiger partial charge in [-0.1, -0.05) is 31.0 Å². The van der Waals surface area contributed by atoms with E-state index < -0.39 is 4.92 Å². The van der Waals surface area contributed by atoms with Gasteiger partial charge in [0.1, 0.15) is 5.02 Å². The van der Waals surface area contributed by atoms with Crippen LogP contribution in [0.25, 0.3) is 0 Å². The molecule has 1 amide bonds. The average molecular weight is 283 g/mol. The fraction of sp³-hybridized carbons (Fsp3) is 0.462. The Morgan fingerprint density at radius 3 is 2.74 bits per heavy atom. The van der Waals surface area contributed by atoms with E-state index in [1.807, 2.05) is 0 Å². The second kappa shape index (κ2) is 5.17. The van der Waals surface area contributed by atoms with Crippen LogP contribution in [0.2, 0.25) is 5.02 Å². The third-order valence-corrected chi connectivity index (χ3v) is 4.05. The van der Waals surface area contributed by atoms with Crippen LogP contribution in [-0.4, -0.2) is 17.4 Å². The Morgan fingerprint density at radius 2 is 2.21 bits per heavy atom. The van der Waals surface area contributed by atoms with Crippen LogP contribution in [0.4, 0.5) is 5.69 Å². The number of carbonyl (C=O) groups excluding carboxylic acids is 1. The van der Waals surface area contributed by atoms with Gasteiger partial charge in [-0.25, -0.2) is 0 Å². The molecule has 102 valence electrons. The fourth-order valence-corrected chi connectivity index (χ4v) is 2.46. The highest BCUT2D eigenvalue weighted by Gasteiger charge is 2.32. The van der Waals surface area contributed by atoms with Crippen LogP contribution < -0.4 is 5.32 Å². The summed E-state index contributed by atoms with van der Waals surface area (Å²) in [6, 6.07) is 4.24. The summed E-state index contributed by atoms with van der Waals surface area (Å²) in [5.74, 6) is -0.359. The molecule has 6 heteroatoms. The van der Waals surface area contributed by atoms with Crippen LogP contribution in [0.5, 0.6) is 0 Å². The molecule has 0 aromatic heterocycles. The maximum atomic E-state index is 12.0. The number of nitro benzene ring substituents is 1. The number of hydrogen-bond acceptors (Lipinski definition) is 3. The van der Waals surface area contributed by atoms with Gasteiger partial charge in [-0.05, 0) is 24.3 Å². The van der Waals surface area contributed by atoms with Gasteiger partial charge in [-0.15, -0.1) is 0 Å². The molecular weight excluding hydrogens is 268 g/mol. The van der Waals surface area contributed by atoms with Gasteiger partial charge in [0.2, 0.25) is 0 Å². The van der Waals surface area contributed by atoms with E-state index in [-0.39, 0.29) is 27.6 Å². The third-order valence-electron chi connectivity index (χ3n) is 3.66. The summed E-state index contributed by atoms with van der Waals surface area (Å²) in [4.78, 5) is 22.2. The van der Waals surface area contributed by atoms with Crippen molar-refractivity contribution < 1.29 is 9.72 Å². The largest absolute Gasteiger partial charge is 0.351 e. The molecule has 0 heterocycles. The minimum atomic E-state index is -0.591. The lowest BCUT2D eigenvalue weighted by Crippen LogP contribution is -2.40. The van der Waals surface area contributed by atoms with Gasteiger partial charge >= 0.3 is 0 Å². The van der Waals surface area contributed by atoms with Crippen LogP contribution >= 0.6 is 11.6 Å². The summed E-state index contributed by atoms with van der Waals surface area (Å²) in [5.41, 5.74) is 0.0611. The predicted octanol–water partition coefficient (Wildman–Crippen LogP) is 3.17. The van der Waals surface area contributed by atoms with Gasteiger partial charge in [-0.3, -0.25) is 14.9 Å². The van der Waals surface area contributed by atoms with Gasteiger partial charge in [0.05, 0.1) is 10.5 Å². The SMILES string of the molecule is CC1(CNC(=O)c2cccc([N+](=O)[O-])c2Cl)CCC1.